The largest absolute Gasteiger partial charge is 0.508 e. The van der Waals surface area contributed by atoms with Crippen molar-refractivity contribution < 1.29 is 15.0 Å². The topological polar surface area (TPSA) is 69.6 Å². The number of carboxylic acid groups (broad SMARTS) is 1. The van der Waals surface area contributed by atoms with Gasteiger partial charge in [0.2, 0.25) is 0 Å². The number of rotatable bonds is 2. The first-order valence-electron chi connectivity index (χ1n) is 4.93. The zero-order valence-corrected chi connectivity index (χ0v) is 8.18. The van der Waals surface area contributed by atoms with E-state index in [2.05, 4.69) is 5.32 Å². The standard InChI is InChI=1S/C11H13NO3/c13-8-3-1-7(2-4-8)9-5-6-12-10(9)11(14)15/h1-4,9-10,12-13H,5-6H2,(H,14,15)/t9?,10-/m0/s1. The SMILES string of the molecule is O=C(O)[C@H]1NCCC1c1ccc(O)cc1. The van der Waals surface area contributed by atoms with Crippen LogP contribution in [-0.4, -0.2) is 28.8 Å². The lowest BCUT2D eigenvalue weighted by atomic mass is 9.92. The lowest BCUT2D eigenvalue weighted by Gasteiger charge is -2.15. The second-order valence-corrected chi connectivity index (χ2v) is 3.76. The van der Waals surface area contributed by atoms with E-state index in [4.69, 9.17) is 10.2 Å². The molecule has 0 bridgehead atoms. The summed E-state index contributed by atoms with van der Waals surface area (Å²) in [7, 11) is 0. The molecule has 2 atom stereocenters. The number of hydrogen-bond acceptors (Lipinski definition) is 3. The molecule has 4 heteroatoms. The van der Waals surface area contributed by atoms with E-state index < -0.39 is 12.0 Å². The van der Waals surface area contributed by atoms with Gasteiger partial charge in [-0.3, -0.25) is 4.79 Å². The summed E-state index contributed by atoms with van der Waals surface area (Å²) in [6.07, 6.45) is 0.821. The first-order chi connectivity index (χ1) is 7.18. The van der Waals surface area contributed by atoms with E-state index in [1.54, 1.807) is 24.3 Å². The monoisotopic (exact) mass is 207 g/mol. The summed E-state index contributed by atoms with van der Waals surface area (Å²) in [4.78, 5) is 10.9. The minimum absolute atomic E-state index is 0.00287. The lowest BCUT2D eigenvalue weighted by Crippen LogP contribution is -2.34. The fourth-order valence-electron chi connectivity index (χ4n) is 2.04. The highest BCUT2D eigenvalue weighted by Crippen LogP contribution is 2.28. The van der Waals surface area contributed by atoms with Crippen LogP contribution in [0.4, 0.5) is 0 Å². The van der Waals surface area contributed by atoms with E-state index in [9.17, 15) is 4.79 Å². The van der Waals surface area contributed by atoms with Crippen molar-refractivity contribution in [1.82, 2.24) is 5.32 Å². The summed E-state index contributed by atoms with van der Waals surface area (Å²) in [6.45, 7) is 0.725. The molecule has 15 heavy (non-hydrogen) atoms. The molecule has 1 aromatic rings. The fourth-order valence-corrected chi connectivity index (χ4v) is 2.04. The van der Waals surface area contributed by atoms with Crippen molar-refractivity contribution in [2.24, 2.45) is 0 Å². The third kappa shape index (κ3) is 1.94. The van der Waals surface area contributed by atoms with Crippen molar-refractivity contribution in [2.75, 3.05) is 6.54 Å². The normalized spacial score (nSPS) is 25.3. The van der Waals surface area contributed by atoms with Crippen LogP contribution >= 0.6 is 0 Å². The molecule has 0 spiro atoms. The highest BCUT2D eigenvalue weighted by Gasteiger charge is 2.33. The Bertz CT molecular complexity index is 361. The molecule has 4 nitrogen and oxygen atoms in total. The third-order valence-corrected chi connectivity index (χ3v) is 2.81. The molecule has 0 amide bonds. The van der Waals surface area contributed by atoms with Gasteiger partial charge in [0, 0.05) is 5.92 Å². The summed E-state index contributed by atoms with van der Waals surface area (Å²) in [5, 5.41) is 21.1. The zero-order valence-electron chi connectivity index (χ0n) is 8.18. The number of aromatic hydroxyl groups is 1. The van der Waals surface area contributed by atoms with Gasteiger partial charge in [0.05, 0.1) is 0 Å². The van der Waals surface area contributed by atoms with Crippen molar-refractivity contribution in [3.63, 3.8) is 0 Å². The molecule has 80 valence electrons. The number of benzene rings is 1. The molecule has 1 aliphatic rings. The molecule has 0 radical (unpaired) electrons. The summed E-state index contributed by atoms with van der Waals surface area (Å²) in [5.74, 6) is -0.606. The Kier molecular flexibility index (Phi) is 2.60. The maximum absolute atomic E-state index is 10.9. The van der Waals surface area contributed by atoms with E-state index in [0.29, 0.717) is 0 Å². The van der Waals surface area contributed by atoms with E-state index >= 15 is 0 Å². The molecule has 1 aromatic carbocycles. The highest BCUT2D eigenvalue weighted by atomic mass is 16.4. The van der Waals surface area contributed by atoms with Gasteiger partial charge in [-0.05, 0) is 30.7 Å². The molecule has 0 saturated carbocycles. The fraction of sp³-hybridized carbons (Fsp3) is 0.364. The van der Waals surface area contributed by atoms with Crippen LogP contribution in [0.15, 0.2) is 24.3 Å². The average Bonchev–Trinajstić information content (AvgIpc) is 2.67. The minimum atomic E-state index is -0.814. The van der Waals surface area contributed by atoms with Crippen LogP contribution < -0.4 is 5.32 Å². The number of nitrogens with one attached hydrogen (secondary N) is 1. The van der Waals surface area contributed by atoms with Gasteiger partial charge in [-0.15, -0.1) is 0 Å². The number of phenolic OH excluding ortho intramolecular Hbond substituents is 1. The first-order valence-corrected chi connectivity index (χ1v) is 4.93. The van der Waals surface area contributed by atoms with Crippen LogP contribution in [0.2, 0.25) is 0 Å². The van der Waals surface area contributed by atoms with Gasteiger partial charge in [-0.1, -0.05) is 12.1 Å². The number of carboxylic acids is 1. The molecule has 1 fully saturated rings. The van der Waals surface area contributed by atoms with Gasteiger partial charge < -0.3 is 15.5 Å². The molecule has 0 aromatic heterocycles. The summed E-state index contributed by atoms with van der Waals surface area (Å²) in [6, 6.07) is 6.24. The molecule has 1 heterocycles. The van der Waals surface area contributed by atoms with E-state index in [0.717, 1.165) is 18.5 Å². The molecular weight excluding hydrogens is 194 g/mol. The van der Waals surface area contributed by atoms with Gasteiger partial charge in [-0.25, -0.2) is 0 Å². The number of aliphatic carboxylic acids is 1. The second kappa shape index (κ2) is 3.90. The Hall–Kier alpha value is -1.55. The van der Waals surface area contributed by atoms with Gasteiger partial charge in [0.1, 0.15) is 11.8 Å². The van der Waals surface area contributed by atoms with E-state index in [-0.39, 0.29) is 11.7 Å². The maximum Gasteiger partial charge on any atom is 0.321 e. The van der Waals surface area contributed by atoms with Crippen LogP contribution in [0.1, 0.15) is 17.9 Å². The quantitative estimate of drug-likeness (QED) is 0.674. The molecule has 1 aliphatic heterocycles. The second-order valence-electron chi connectivity index (χ2n) is 3.76. The summed E-state index contributed by atoms with van der Waals surface area (Å²) in [5.41, 5.74) is 0.963. The van der Waals surface area contributed by atoms with Crippen molar-refractivity contribution >= 4 is 5.97 Å². The van der Waals surface area contributed by atoms with Crippen molar-refractivity contribution in [1.29, 1.82) is 0 Å². The average molecular weight is 207 g/mol. The van der Waals surface area contributed by atoms with Crippen LogP contribution in [-0.2, 0) is 4.79 Å². The molecule has 3 N–H and O–H groups in total. The lowest BCUT2D eigenvalue weighted by molar-refractivity contribution is -0.139. The Balaban J connectivity index is 2.22. The molecule has 0 aliphatic carbocycles. The third-order valence-electron chi connectivity index (χ3n) is 2.81. The van der Waals surface area contributed by atoms with Crippen LogP contribution in [0, 0.1) is 0 Å². The highest BCUT2D eigenvalue weighted by molar-refractivity contribution is 5.75. The van der Waals surface area contributed by atoms with E-state index in [1.807, 2.05) is 0 Å². The number of carbonyl (C=O) groups is 1. The predicted molar refractivity (Wildman–Crippen MR) is 54.9 cm³/mol. The van der Waals surface area contributed by atoms with E-state index in [1.165, 1.54) is 0 Å². The summed E-state index contributed by atoms with van der Waals surface area (Å²) >= 11 is 0. The maximum atomic E-state index is 10.9. The van der Waals surface area contributed by atoms with Gasteiger partial charge in [0.15, 0.2) is 0 Å². The molecule has 1 saturated heterocycles. The Morgan fingerprint density at radius 2 is 2.00 bits per heavy atom. The summed E-state index contributed by atoms with van der Waals surface area (Å²) < 4.78 is 0. The first kappa shape index (κ1) is 9.98. The number of hydrogen-bond donors (Lipinski definition) is 3. The smallest absolute Gasteiger partial charge is 0.321 e. The Morgan fingerprint density at radius 1 is 1.33 bits per heavy atom. The van der Waals surface area contributed by atoms with Crippen molar-refractivity contribution in [2.45, 2.75) is 18.4 Å². The minimum Gasteiger partial charge on any atom is -0.508 e. The Labute approximate surface area is 87.6 Å². The van der Waals surface area contributed by atoms with Gasteiger partial charge in [0.25, 0.3) is 0 Å². The zero-order chi connectivity index (χ0) is 10.8. The van der Waals surface area contributed by atoms with Crippen molar-refractivity contribution in [3.05, 3.63) is 29.8 Å². The van der Waals surface area contributed by atoms with Crippen molar-refractivity contribution in [3.8, 4) is 5.75 Å². The van der Waals surface area contributed by atoms with Crippen LogP contribution in [0.5, 0.6) is 5.75 Å². The Morgan fingerprint density at radius 3 is 2.60 bits per heavy atom. The van der Waals surface area contributed by atoms with Gasteiger partial charge >= 0.3 is 5.97 Å². The molecule has 1 unspecified atom stereocenters. The van der Waals surface area contributed by atoms with Crippen LogP contribution in [0.25, 0.3) is 0 Å². The van der Waals surface area contributed by atoms with Gasteiger partial charge in [-0.2, -0.15) is 0 Å². The molecule has 2 rings (SSSR count). The predicted octanol–water partition coefficient (Wildman–Crippen LogP) is 0.922. The van der Waals surface area contributed by atoms with Crippen LogP contribution in [0.3, 0.4) is 0 Å². The molecular formula is C11H13NO3. The number of phenols is 1.